The summed E-state index contributed by atoms with van der Waals surface area (Å²) in [6.45, 7) is 4.75. The molecule has 0 fully saturated rings. The van der Waals surface area contributed by atoms with E-state index in [1.165, 1.54) is 250 Å². The molecule has 0 spiro atoms. The minimum atomic E-state index is -1.62. The number of rotatable bonds is 64. The van der Waals surface area contributed by atoms with Crippen molar-refractivity contribution in [3.05, 3.63) is 24.3 Å². The normalized spacial score (nSPS) is 12.8. The van der Waals surface area contributed by atoms with Gasteiger partial charge in [-0.15, -0.1) is 0 Å². The van der Waals surface area contributed by atoms with Crippen molar-refractivity contribution in [3.63, 3.8) is 0 Å². The lowest BCUT2D eigenvalue weighted by atomic mass is 10.0. The van der Waals surface area contributed by atoms with Gasteiger partial charge in [-0.2, -0.15) is 0 Å². The zero-order valence-electron chi connectivity index (χ0n) is 52.6. The van der Waals surface area contributed by atoms with Crippen molar-refractivity contribution in [3.8, 4) is 0 Å². The first-order valence-electron chi connectivity index (χ1n) is 34.0. The predicted molar refractivity (Wildman–Crippen MR) is 330 cm³/mol. The average molecular weight is 1100 g/mol. The van der Waals surface area contributed by atoms with Crippen molar-refractivity contribution in [1.82, 2.24) is 0 Å². The van der Waals surface area contributed by atoms with Crippen LogP contribution in [0.15, 0.2) is 24.3 Å². The van der Waals surface area contributed by atoms with Gasteiger partial charge in [-0.3, -0.25) is 9.59 Å². The van der Waals surface area contributed by atoms with Gasteiger partial charge in [-0.25, -0.2) is 0 Å². The Kier molecular flexibility index (Phi) is 59.1. The van der Waals surface area contributed by atoms with Crippen LogP contribution in [0.5, 0.6) is 0 Å². The summed E-state index contributed by atoms with van der Waals surface area (Å²) in [5.41, 5.74) is 0. The van der Waals surface area contributed by atoms with E-state index in [1.807, 2.05) is 21.1 Å². The highest BCUT2D eigenvalue weighted by molar-refractivity contribution is 5.70. The van der Waals surface area contributed by atoms with Gasteiger partial charge in [0, 0.05) is 12.8 Å². The van der Waals surface area contributed by atoms with E-state index in [9.17, 15) is 19.5 Å². The molecular weight excluding hydrogens is 971 g/mol. The molecule has 0 bridgehead atoms. The number of hydrogen-bond donors (Lipinski definition) is 0. The molecule has 9 nitrogen and oxygen atoms in total. The van der Waals surface area contributed by atoms with Crippen molar-refractivity contribution in [2.75, 3.05) is 47.5 Å². The summed E-state index contributed by atoms with van der Waals surface area (Å²) >= 11 is 0. The van der Waals surface area contributed by atoms with Crippen LogP contribution in [0, 0.1) is 0 Å². The first kappa shape index (κ1) is 75.8. The monoisotopic (exact) mass is 1100 g/mol. The van der Waals surface area contributed by atoms with Crippen molar-refractivity contribution in [2.45, 2.75) is 354 Å². The summed E-state index contributed by atoms with van der Waals surface area (Å²) in [6.07, 6.45) is 71.5. The molecule has 0 aliphatic rings. The molecule has 0 heterocycles. The number of carbonyl (C=O) groups excluding carboxylic acids is 3. The van der Waals surface area contributed by atoms with Crippen LogP contribution < -0.4 is 5.11 Å². The van der Waals surface area contributed by atoms with E-state index in [4.69, 9.17) is 18.9 Å². The van der Waals surface area contributed by atoms with E-state index in [1.54, 1.807) is 0 Å². The Hall–Kier alpha value is -2.23. The second-order valence-corrected chi connectivity index (χ2v) is 24.5. The van der Waals surface area contributed by atoms with Crippen molar-refractivity contribution >= 4 is 17.9 Å². The fourth-order valence-corrected chi connectivity index (χ4v) is 10.2. The van der Waals surface area contributed by atoms with Gasteiger partial charge >= 0.3 is 11.9 Å². The van der Waals surface area contributed by atoms with Gasteiger partial charge in [0.25, 0.3) is 0 Å². The fraction of sp³-hybridized carbons (Fsp3) is 0.899. The van der Waals surface area contributed by atoms with Crippen molar-refractivity contribution in [1.29, 1.82) is 0 Å². The number of nitrogens with zero attached hydrogens (tertiary/aromatic N) is 1. The molecule has 78 heavy (non-hydrogen) atoms. The van der Waals surface area contributed by atoms with Gasteiger partial charge in [0.1, 0.15) is 13.2 Å². The van der Waals surface area contributed by atoms with Gasteiger partial charge in [0.2, 0.25) is 0 Å². The lowest BCUT2D eigenvalue weighted by molar-refractivity contribution is -0.870. The van der Waals surface area contributed by atoms with E-state index in [-0.39, 0.29) is 32.2 Å². The zero-order chi connectivity index (χ0) is 56.9. The van der Waals surface area contributed by atoms with Crippen LogP contribution >= 0.6 is 0 Å². The summed E-state index contributed by atoms with van der Waals surface area (Å²) in [5.74, 6) is -2.28. The first-order valence-corrected chi connectivity index (χ1v) is 34.0. The highest BCUT2D eigenvalue weighted by Gasteiger charge is 2.22. The summed E-state index contributed by atoms with van der Waals surface area (Å²) in [4.78, 5) is 37.3. The van der Waals surface area contributed by atoms with Crippen LogP contribution in [0.25, 0.3) is 0 Å². The summed E-state index contributed by atoms with van der Waals surface area (Å²) < 4.78 is 22.7. The standard InChI is InChI=1S/C69H131NO8/c1-6-8-10-12-14-16-18-20-22-23-24-25-26-27-28-29-30-31-32-33-34-35-36-37-38-39-40-41-42-43-44-46-47-49-51-53-55-57-59-66(71)76-63-65(64-77-69(68(73)74)75-62-61-70(3,4)5)78-67(72)60-58-56-54-52-50-48-45-21-19-17-15-13-11-9-7-2/h15,17,21,45,65,69H,6-14,16,18-20,22-44,46-64H2,1-5H3/b17-15-,45-21-. The number of esters is 2. The molecule has 0 rings (SSSR count). The predicted octanol–water partition coefficient (Wildman–Crippen LogP) is 19.3. The van der Waals surface area contributed by atoms with E-state index in [0.717, 1.165) is 57.8 Å². The number of carboxylic acid groups (broad SMARTS) is 1. The minimum absolute atomic E-state index is 0.147. The first-order chi connectivity index (χ1) is 38.1. The number of ether oxygens (including phenoxy) is 4. The molecule has 2 unspecified atom stereocenters. The Labute approximate surface area is 484 Å². The number of carbonyl (C=O) groups is 3. The molecule has 0 aromatic carbocycles. The summed E-state index contributed by atoms with van der Waals surface area (Å²) in [5, 5.41) is 11.8. The largest absolute Gasteiger partial charge is 0.545 e. The van der Waals surface area contributed by atoms with E-state index < -0.39 is 24.3 Å². The zero-order valence-corrected chi connectivity index (χ0v) is 52.6. The van der Waals surface area contributed by atoms with Crippen molar-refractivity contribution < 1.29 is 42.9 Å². The average Bonchev–Trinajstić information content (AvgIpc) is 3.41. The third kappa shape index (κ3) is 61.4. The summed E-state index contributed by atoms with van der Waals surface area (Å²) in [7, 11) is 5.93. The van der Waals surface area contributed by atoms with E-state index in [2.05, 4.69) is 38.2 Å². The summed E-state index contributed by atoms with van der Waals surface area (Å²) in [6, 6.07) is 0. The molecule has 9 heteroatoms. The maximum absolute atomic E-state index is 12.8. The SMILES string of the molecule is CCCCC/C=C\C/C=C\CCCCCCCC(=O)OC(COC(=O)CCCCCCCCCCCCCCCCCCCCCCCCCCCCCCCCCCCCCCCC)COC(OCC[N+](C)(C)C)C(=O)[O-]. The van der Waals surface area contributed by atoms with Gasteiger partial charge in [0.15, 0.2) is 12.4 Å². The molecule has 460 valence electrons. The van der Waals surface area contributed by atoms with Crippen molar-refractivity contribution in [2.24, 2.45) is 0 Å². The Bertz CT molecular complexity index is 1330. The third-order valence-corrected chi connectivity index (χ3v) is 15.5. The maximum atomic E-state index is 12.8. The number of aliphatic carboxylic acids is 1. The number of quaternary nitrogens is 1. The third-order valence-electron chi connectivity index (χ3n) is 15.5. The number of carboxylic acids is 1. The molecule has 0 N–H and O–H groups in total. The van der Waals surface area contributed by atoms with Crippen LogP contribution in [0.2, 0.25) is 0 Å². The Morgan fingerprint density at radius 3 is 1.04 bits per heavy atom. The topological polar surface area (TPSA) is 111 Å². The Morgan fingerprint density at radius 1 is 0.385 bits per heavy atom. The highest BCUT2D eigenvalue weighted by atomic mass is 16.7. The van der Waals surface area contributed by atoms with Crippen LogP contribution in [-0.4, -0.2) is 82.3 Å². The fourth-order valence-electron chi connectivity index (χ4n) is 10.2. The highest BCUT2D eigenvalue weighted by Crippen LogP contribution is 2.19. The molecule has 0 aromatic rings. The second-order valence-electron chi connectivity index (χ2n) is 24.5. The molecule has 0 aliphatic heterocycles. The van der Waals surface area contributed by atoms with Crippen LogP contribution in [-0.2, 0) is 33.3 Å². The molecule has 0 saturated carbocycles. The van der Waals surface area contributed by atoms with Crippen LogP contribution in [0.4, 0.5) is 0 Å². The quantitative estimate of drug-likeness (QED) is 0.0195. The molecule has 0 aliphatic carbocycles. The van der Waals surface area contributed by atoms with Gasteiger partial charge in [0.05, 0.1) is 40.3 Å². The minimum Gasteiger partial charge on any atom is -0.545 e. The lowest BCUT2D eigenvalue weighted by Gasteiger charge is -2.26. The maximum Gasteiger partial charge on any atom is 0.306 e. The van der Waals surface area contributed by atoms with Gasteiger partial charge in [-0.1, -0.05) is 308 Å². The number of allylic oxidation sites excluding steroid dienone is 4. The number of likely N-dealkylation sites (N-methyl/N-ethyl adjacent to an activating group) is 1. The molecule has 2 atom stereocenters. The van der Waals surface area contributed by atoms with E-state index >= 15 is 0 Å². The molecule has 0 radical (unpaired) electrons. The lowest BCUT2D eigenvalue weighted by Crippen LogP contribution is -2.44. The molecular formula is C69H131NO8. The van der Waals surface area contributed by atoms with Gasteiger partial charge in [-0.05, 0) is 44.9 Å². The Morgan fingerprint density at radius 2 is 0.692 bits per heavy atom. The smallest absolute Gasteiger partial charge is 0.306 e. The Balaban J connectivity index is 3.91. The molecule has 0 saturated heterocycles. The molecule has 0 amide bonds. The second kappa shape index (κ2) is 60.9. The molecule has 0 aromatic heterocycles. The van der Waals surface area contributed by atoms with Crippen LogP contribution in [0.1, 0.15) is 341 Å². The number of unbranched alkanes of at least 4 members (excludes halogenated alkanes) is 45. The number of hydrogen-bond acceptors (Lipinski definition) is 8. The van der Waals surface area contributed by atoms with E-state index in [0.29, 0.717) is 23.9 Å². The van der Waals surface area contributed by atoms with Gasteiger partial charge < -0.3 is 33.3 Å². The van der Waals surface area contributed by atoms with Crippen LogP contribution in [0.3, 0.4) is 0 Å².